The molecule has 1 nitrogen and oxygen atoms in total. The molecule has 0 unspecified atom stereocenters. The molecule has 0 amide bonds. The lowest BCUT2D eigenvalue weighted by Gasteiger charge is -2.29. The molecule has 0 saturated carbocycles. The van der Waals surface area contributed by atoms with E-state index in [1.165, 1.54) is 0 Å². The van der Waals surface area contributed by atoms with Crippen molar-refractivity contribution in [1.29, 1.82) is 0 Å². The Morgan fingerprint density at radius 1 is 1.08 bits per heavy atom. The Hall–Kier alpha value is -0.0400. The van der Waals surface area contributed by atoms with E-state index in [0.29, 0.717) is 11.5 Å². The van der Waals surface area contributed by atoms with Crippen LogP contribution < -0.4 is 0 Å². The van der Waals surface area contributed by atoms with E-state index in [2.05, 4.69) is 41.5 Å². The van der Waals surface area contributed by atoms with Crippen LogP contribution in [0.15, 0.2) is 0 Å². The van der Waals surface area contributed by atoms with Crippen LogP contribution in [-0.4, -0.2) is 12.7 Å². The van der Waals surface area contributed by atoms with Crippen molar-refractivity contribution in [3.8, 4) is 0 Å². The van der Waals surface area contributed by atoms with Crippen molar-refractivity contribution in [2.75, 3.05) is 6.61 Å². The maximum Gasteiger partial charge on any atom is 0.0518 e. The third kappa shape index (κ3) is 4.76. The molecule has 12 heavy (non-hydrogen) atoms. The van der Waals surface area contributed by atoms with Gasteiger partial charge < -0.3 is 4.74 Å². The lowest BCUT2D eigenvalue weighted by Crippen LogP contribution is -2.22. The van der Waals surface area contributed by atoms with Gasteiger partial charge in [0.2, 0.25) is 0 Å². The van der Waals surface area contributed by atoms with Crippen LogP contribution in [0.5, 0.6) is 0 Å². The van der Waals surface area contributed by atoms with Gasteiger partial charge in [-0.15, -0.1) is 0 Å². The van der Waals surface area contributed by atoms with Crippen molar-refractivity contribution in [3.63, 3.8) is 0 Å². The molecule has 0 fully saturated rings. The first-order valence-corrected chi connectivity index (χ1v) is 4.98. The van der Waals surface area contributed by atoms with E-state index in [1.807, 2.05) is 0 Å². The number of rotatable bonds is 5. The summed E-state index contributed by atoms with van der Waals surface area (Å²) in [4.78, 5) is 0. The zero-order valence-electron chi connectivity index (χ0n) is 9.48. The molecule has 0 aliphatic carbocycles. The number of hydrogen-bond donors (Lipinski definition) is 0. The van der Waals surface area contributed by atoms with E-state index in [1.54, 1.807) is 0 Å². The van der Waals surface area contributed by atoms with Crippen molar-refractivity contribution in [1.82, 2.24) is 0 Å². The standard InChI is InChI=1S/C11H24O/c1-9(2)11(5,6)7-8-12-10(3)4/h9-10H,7-8H2,1-6H3. The first kappa shape index (κ1) is 12.0. The predicted octanol–water partition coefficient (Wildman–Crippen LogP) is 3.48. The van der Waals surface area contributed by atoms with Gasteiger partial charge in [0.15, 0.2) is 0 Å². The second-order valence-electron chi connectivity index (χ2n) is 4.81. The molecule has 0 spiro atoms. The second kappa shape index (κ2) is 4.86. The van der Waals surface area contributed by atoms with Gasteiger partial charge in [-0.05, 0) is 31.6 Å². The van der Waals surface area contributed by atoms with Gasteiger partial charge in [-0.3, -0.25) is 0 Å². The Bertz CT molecular complexity index is 114. The summed E-state index contributed by atoms with van der Waals surface area (Å²) in [6, 6.07) is 0. The van der Waals surface area contributed by atoms with Gasteiger partial charge in [-0.25, -0.2) is 0 Å². The van der Waals surface area contributed by atoms with Gasteiger partial charge >= 0.3 is 0 Å². The minimum atomic E-state index is 0.368. The maximum atomic E-state index is 5.53. The van der Waals surface area contributed by atoms with E-state index in [9.17, 15) is 0 Å². The zero-order chi connectivity index (χ0) is 9.78. The molecule has 0 N–H and O–H groups in total. The fourth-order valence-corrected chi connectivity index (χ4v) is 0.846. The highest BCUT2D eigenvalue weighted by atomic mass is 16.5. The summed E-state index contributed by atoms with van der Waals surface area (Å²) in [5, 5.41) is 0. The summed E-state index contributed by atoms with van der Waals surface area (Å²) in [6.07, 6.45) is 1.52. The average molecular weight is 172 g/mol. The van der Waals surface area contributed by atoms with Crippen molar-refractivity contribution < 1.29 is 4.74 Å². The van der Waals surface area contributed by atoms with Crippen molar-refractivity contribution in [2.24, 2.45) is 11.3 Å². The third-order valence-electron chi connectivity index (χ3n) is 2.76. The van der Waals surface area contributed by atoms with Crippen LogP contribution >= 0.6 is 0 Å². The third-order valence-corrected chi connectivity index (χ3v) is 2.76. The lowest BCUT2D eigenvalue weighted by atomic mass is 9.79. The molecular formula is C11H24O. The molecule has 0 heterocycles. The molecule has 1 heteroatoms. The second-order valence-corrected chi connectivity index (χ2v) is 4.81. The topological polar surface area (TPSA) is 9.23 Å². The van der Waals surface area contributed by atoms with E-state index in [0.717, 1.165) is 18.9 Å². The van der Waals surface area contributed by atoms with Crippen LogP contribution in [0.25, 0.3) is 0 Å². The molecule has 0 aliphatic rings. The first-order chi connectivity index (χ1) is 5.36. The van der Waals surface area contributed by atoms with Crippen LogP contribution in [0.4, 0.5) is 0 Å². The molecule has 0 radical (unpaired) electrons. The van der Waals surface area contributed by atoms with Gasteiger partial charge in [-0.2, -0.15) is 0 Å². The van der Waals surface area contributed by atoms with Crippen molar-refractivity contribution in [2.45, 2.75) is 54.1 Å². The van der Waals surface area contributed by atoms with E-state index < -0.39 is 0 Å². The van der Waals surface area contributed by atoms with Gasteiger partial charge in [0.05, 0.1) is 6.10 Å². The van der Waals surface area contributed by atoms with Crippen molar-refractivity contribution in [3.05, 3.63) is 0 Å². The molecule has 0 saturated heterocycles. The Morgan fingerprint density at radius 3 is 1.92 bits per heavy atom. The Labute approximate surface area is 77.5 Å². The summed E-state index contributed by atoms with van der Waals surface area (Å²) >= 11 is 0. The van der Waals surface area contributed by atoms with Crippen LogP contribution in [0, 0.1) is 11.3 Å². The normalized spacial score (nSPS) is 13.0. The molecule has 0 aromatic rings. The minimum absolute atomic E-state index is 0.368. The Kier molecular flexibility index (Phi) is 4.84. The largest absolute Gasteiger partial charge is 0.379 e. The van der Waals surface area contributed by atoms with Gasteiger partial charge in [0, 0.05) is 6.61 Å². The molecule has 74 valence electrons. The SMILES string of the molecule is CC(C)OCCC(C)(C)C(C)C. The van der Waals surface area contributed by atoms with Crippen molar-refractivity contribution >= 4 is 0 Å². The maximum absolute atomic E-state index is 5.53. The first-order valence-electron chi connectivity index (χ1n) is 4.98. The average Bonchev–Trinajstić information content (AvgIpc) is 1.85. The van der Waals surface area contributed by atoms with Crippen LogP contribution in [-0.2, 0) is 4.74 Å². The van der Waals surface area contributed by atoms with Crippen LogP contribution in [0.1, 0.15) is 48.0 Å². The fraction of sp³-hybridized carbons (Fsp3) is 1.00. The molecule has 0 aliphatic heterocycles. The Balaban J connectivity index is 3.61. The van der Waals surface area contributed by atoms with E-state index >= 15 is 0 Å². The molecule has 0 rings (SSSR count). The molecule has 0 bridgehead atoms. The smallest absolute Gasteiger partial charge is 0.0518 e. The molecule has 0 aromatic heterocycles. The molecular weight excluding hydrogens is 148 g/mol. The monoisotopic (exact) mass is 172 g/mol. The van der Waals surface area contributed by atoms with Gasteiger partial charge in [0.25, 0.3) is 0 Å². The summed E-state index contributed by atoms with van der Waals surface area (Å²) in [5.41, 5.74) is 0.412. The van der Waals surface area contributed by atoms with E-state index in [4.69, 9.17) is 4.74 Å². The highest BCUT2D eigenvalue weighted by molar-refractivity contribution is 4.71. The summed E-state index contributed by atoms with van der Waals surface area (Å²) < 4.78 is 5.53. The van der Waals surface area contributed by atoms with Gasteiger partial charge in [-0.1, -0.05) is 27.7 Å². The number of ether oxygens (including phenoxy) is 1. The summed E-state index contributed by atoms with van der Waals surface area (Å²) in [7, 11) is 0. The van der Waals surface area contributed by atoms with Gasteiger partial charge in [0.1, 0.15) is 0 Å². The van der Waals surface area contributed by atoms with E-state index in [-0.39, 0.29) is 0 Å². The zero-order valence-corrected chi connectivity index (χ0v) is 9.48. The molecule has 0 aromatic carbocycles. The predicted molar refractivity (Wildman–Crippen MR) is 54.3 cm³/mol. The number of hydrogen-bond acceptors (Lipinski definition) is 1. The summed E-state index contributed by atoms with van der Waals surface area (Å²) in [5.74, 6) is 0.730. The fourth-order valence-electron chi connectivity index (χ4n) is 0.846. The lowest BCUT2D eigenvalue weighted by molar-refractivity contribution is 0.0478. The Morgan fingerprint density at radius 2 is 1.58 bits per heavy atom. The van der Waals surface area contributed by atoms with Crippen LogP contribution in [0.3, 0.4) is 0 Å². The quantitative estimate of drug-likeness (QED) is 0.617. The molecule has 0 atom stereocenters. The van der Waals surface area contributed by atoms with Crippen LogP contribution in [0.2, 0.25) is 0 Å². The highest BCUT2D eigenvalue weighted by Gasteiger charge is 2.21. The minimum Gasteiger partial charge on any atom is -0.379 e. The highest BCUT2D eigenvalue weighted by Crippen LogP contribution is 2.29. The summed E-state index contributed by atoms with van der Waals surface area (Å²) in [6.45, 7) is 14.2.